The Bertz CT molecular complexity index is 3170. The average molecular weight is 1120 g/mol. The summed E-state index contributed by atoms with van der Waals surface area (Å²) in [7, 11) is 0. The summed E-state index contributed by atoms with van der Waals surface area (Å²) >= 11 is 0. The molecule has 0 spiro atoms. The van der Waals surface area contributed by atoms with Gasteiger partial charge in [0.25, 0.3) is 17.7 Å². The van der Waals surface area contributed by atoms with Gasteiger partial charge in [-0.2, -0.15) is 0 Å². The number of carbonyl (C=O) groups is 6. The second-order valence-corrected chi connectivity index (χ2v) is 19.9. The Morgan fingerprint density at radius 2 is 1.53 bits per heavy atom. The van der Waals surface area contributed by atoms with E-state index in [2.05, 4.69) is 26.3 Å². The number of hydrogen-bond acceptors (Lipinski definition) is 15. The molecule has 0 aliphatic carbocycles. The molecule has 2 aromatic heterocycles. The van der Waals surface area contributed by atoms with Crippen LogP contribution in [0.2, 0.25) is 0 Å². The van der Waals surface area contributed by atoms with E-state index in [1.807, 2.05) is 67.1 Å². The number of anilines is 2. The van der Waals surface area contributed by atoms with Crippen LogP contribution >= 0.6 is 0 Å². The van der Waals surface area contributed by atoms with Crippen LogP contribution in [0.25, 0.3) is 22.4 Å². The minimum absolute atomic E-state index is 0.0414. The maximum atomic E-state index is 14.7. The Morgan fingerprint density at radius 1 is 0.802 bits per heavy atom. The fraction of sp³-hybridized carbons (Fsp3) is 0.390. The van der Waals surface area contributed by atoms with Gasteiger partial charge in [-0.05, 0) is 110 Å². The van der Waals surface area contributed by atoms with E-state index in [0.29, 0.717) is 123 Å². The first-order valence-corrected chi connectivity index (χ1v) is 27.1. The zero-order valence-electron chi connectivity index (χ0n) is 45.2. The van der Waals surface area contributed by atoms with Gasteiger partial charge in [0.1, 0.15) is 17.6 Å². The van der Waals surface area contributed by atoms with Crippen LogP contribution in [0.5, 0.6) is 5.75 Å². The lowest BCUT2D eigenvalue weighted by molar-refractivity contribution is -0.140. The zero-order chi connectivity index (χ0) is 57.4. The molecule has 2 aliphatic heterocycles. The molecule has 0 bridgehead atoms. The minimum atomic E-state index is -1.25. The number of aryl methyl sites for hydroxylation is 1. The van der Waals surface area contributed by atoms with E-state index >= 15 is 0 Å². The van der Waals surface area contributed by atoms with Crippen LogP contribution in [0.1, 0.15) is 101 Å². The highest BCUT2D eigenvalue weighted by Crippen LogP contribution is 2.44. The van der Waals surface area contributed by atoms with Crippen molar-refractivity contribution in [3.63, 3.8) is 0 Å². The fourth-order valence-electron chi connectivity index (χ4n) is 9.97. The number of nitrogens with one attached hydrogen (secondary N) is 3. The highest BCUT2D eigenvalue weighted by Gasteiger charge is 2.45. The SMILES string of the molecule is CC(C)c1c(C(=O)Nc2ccccc2)c(-c2cccc(OCCCc3cn(CCOCCOCCOCCNc4cccc5c4C(=O)N(C4CCC(=O)NC4=O)C5=O)nn3)c2)c(-c2ccc(F)cc2)n1CCC(O)CC(O)CC(=O)O. The summed E-state index contributed by atoms with van der Waals surface area (Å²) in [6, 6.07) is 26.3. The summed E-state index contributed by atoms with van der Waals surface area (Å²) in [5.74, 6) is -3.92. The number of hydrogen-bond donors (Lipinski definition) is 6. The number of carbonyl (C=O) groups excluding carboxylic acids is 5. The second-order valence-electron chi connectivity index (χ2n) is 19.9. The average Bonchev–Trinajstić information content (AvgIpc) is 3.19. The number of aliphatic hydroxyl groups is 2. The van der Waals surface area contributed by atoms with Crippen molar-refractivity contribution >= 4 is 46.9 Å². The number of benzene rings is 4. The van der Waals surface area contributed by atoms with E-state index in [-0.39, 0.29) is 55.2 Å². The summed E-state index contributed by atoms with van der Waals surface area (Å²) in [4.78, 5) is 77.3. The van der Waals surface area contributed by atoms with E-state index in [9.17, 15) is 48.5 Å². The number of amides is 5. The number of nitrogens with zero attached hydrogens (tertiary/aromatic N) is 5. The van der Waals surface area contributed by atoms with Crippen molar-refractivity contribution < 1.29 is 67.4 Å². The van der Waals surface area contributed by atoms with Crippen LogP contribution in [-0.4, -0.2) is 146 Å². The number of aliphatic hydroxyl groups excluding tert-OH is 2. The van der Waals surface area contributed by atoms with Crippen molar-refractivity contribution in [1.82, 2.24) is 29.8 Å². The van der Waals surface area contributed by atoms with Crippen molar-refractivity contribution in [3.05, 3.63) is 137 Å². The highest BCUT2D eigenvalue weighted by molar-refractivity contribution is 6.25. The molecule has 4 aromatic carbocycles. The van der Waals surface area contributed by atoms with Crippen LogP contribution < -0.4 is 20.7 Å². The molecule has 6 aromatic rings. The Morgan fingerprint density at radius 3 is 2.26 bits per heavy atom. The molecular formula is C59H67FN8O13. The minimum Gasteiger partial charge on any atom is -0.494 e. The number of imide groups is 2. The second kappa shape index (κ2) is 28.3. The first kappa shape index (κ1) is 59.0. The fourth-order valence-corrected chi connectivity index (χ4v) is 9.97. The lowest BCUT2D eigenvalue weighted by Gasteiger charge is -2.27. The smallest absolute Gasteiger partial charge is 0.305 e. The van der Waals surface area contributed by atoms with Crippen LogP contribution in [-0.2, 0) is 48.1 Å². The molecule has 22 heteroatoms. The number of piperidine rings is 1. The van der Waals surface area contributed by atoms with Crippen LogP contribution in [0.4, 0.5) is 15.8 Å². The molecule has 3 atom stereocenters. The topological polar surface area (TPSA) is 275 Å². The number of ether oxygens (including phenoxy) is 4. The van der Waals surface area contributed by atoms with Gasteiger partial charge in [-0.15, -0.1) is 5.10 Å². The van der Waals surface area contributed by atoms with Crippen LogP contribution in [0, 0.1) is 5.82 Å². The normalized spacial score (nSPS) is 15.0. The summed E-state index contributed by atoms with van der Waals surface area (Å²) in [5, 5.41) is 47.5. The maximum absolute atomic E-state index is 14.7. The molecule has 3 unspecified atom stereocenters. The van der Waals surface area contributed by atoms with Gasteiger partial charge in [-0.3, -0.25) is 39.0 Å². The predicted octanol–water partition coefficient (Wildman–Crippen LogP) is 6.48. The van der Waals surface area contributed by atoms with Gasteiger partial charge in [0, 0.05) is 48.3 Å². The molecule has 4 heterocycles. The van der Waals surface area contributed by atoms with Crippen molar-refractivity contribution in [2.45, 2.75) is 96.1 Å². The van der Waals surface area contributed by atoms with Crippen molar-refractivity contribution in [1.29, 1.82) is 0 Å². The molecule has 5 amide bonds. The molecule has 2 aliphatic rings. The highest BCUT2D eigenvalue weighted by atomic mass is 19.1. The number of carboxylic acids is 1. The lowest BCUT2D eigenvalue weighted by Crippen LogP contribution is -2.54. The van der Waals surface area contributed by atoms with E-state index in [1.165, 1.54) is 18.2 Å². The van der Waals surface area contributed by atoms with Gasteiger partial charge in [-0.25, -0.2) is 9.07 Å². The van der Waals surface area contributed by atoms with E-state index in [0.717, 1.165) is 10.6 Å². The standard InChI is InChI=1S/C59H67FN8O13/c1-37(2)54-53(57(75)62-41-10-4-3-5-11-41)51(55(38-16-18-40(60)19-17-38)67(54)24-22-43(69)34-44(70)35-50(72)73)39-9-6-13-45(33-39)81-26-8-12-42-36-66(65-64-42)25-28-79-30-32-80-31-29-78-27-23-61-47-15-7-14-46-52(47)59(77)68(58(46)76)48-20-21-49(71)63-56(48)74/h3-7,9-11,13-19,33,36-37,43-44,48,61,69-70H,8,12,20-32,34-35H2,1-2H3,(H,62,75)(H,72,73)(H,63,71,74). The Balaban J connectivity index is 0.794. The first-order chi connectivity index (χ1) is 39.2. The molecule has 1 fully saturated rings. The molecule has 0 radical (unpaired) electrons. The third-order valence-corrected chi connectivity index (χ3v) is 13.7. The van der Waals surface area contributed by atoms with Crippen molar-refractivity contribution in [2.24, 2.45) is 0 Å². The third-order valence-electron chi connectivity index (χ3n) is 13.7. The number of aromatic nitrogens is 4. The number of rotatable bonds is 31. The Kier molecular flexibility index (Phi) is 20.6. The number of aliphatic carboxylic acids is 1. The third kappa shape index (κ3) is 15.4. The predicted molar refractivity (Wildman–Crippen MR) is 295 cm³/mol. The monoisotopic (exact) mass is 1110 g/mol. The molecule has 0 saturated carbocycles. The lowest BCUT2D eigenvalue weighted by atomic mass is 9.94. The molecule has 6 N–H and O–H groups in total. The first-order valence-electron chi connectivity index (χ1n) is 27.1. The Hall–Kier alpha value is -8.15. The quantitative estimate of drug-likeness (QED) is 0.0201. The summed E-state index contributed by atoms with van der Waals surface area (Å²) in [6.45, 7) is 7.33. The van der Waals surface area contributed by atoms with Crippen molar-refractivity contribution in [2.75, 3.05) is 63.4 Å². The molecule has 8 rings (SSSR count). The van der Waals surface area contributed by atoms with Gasteiger partial charge in [-0.1, -0.05) is 55.5 Å². The molecular weight excluding hydrogens is 1050 g/mol. The van der Waals surface area contributed by atoms with Gasteiger partial charge in [0.05, 0.1) is 99.5 Å². The number of para-hydroxylation sites is 1. The van der Waals surface area contributed by atoms with Gasteiger partial charge in [0.15, 0.2) is 0 Å². The van der Waals surface area contributed by atoms with E-state index in [1.54, 1.807) is 41.1 Å². The summed E-state index contributed by atoms with van der Waals surface area (Å²) in [6.07, 6.45) is 0.325. The van der Waals surface area contributed by atoms with Gasteiger partial charge in [0.2, 0.25) is 11.8 Å². The van der Waals surface area contributed by atoms with Crippen molar-refractivity contribution in [3.8, 4) is 28.1 Å². The maximum Gasteiger partial charge on any atom is 0.305 e. The molecule has 1 saturated heterocycles. The number of fused-ring (bicyclic) bond motifs is 1. The van der Waals surface area contributed by atoms with Crippen LogP contribution in [0.3, 0.4) is 0 Å². The van der Waals surface area contributed by atoms with Gasteiger partial charge >= 0.3 is 5.97 Å². The zero-order valence-corrected chi connectivity index (χ0v) is 45.2. The largest absolute Gasteiger partial charge is 0.494 e. The van der Waals surface area contributed by atoms with Crippen LogP contribution in [0.15, 0.2) is 103 Å². The molecule has 21 nitrogen and oxygen atoms in total. The Labute approximate surface area is 467 Å². The number of carboxylic acid groups (broad SMARTS) is 1. The van der Waals surface area contributed by atoms with E-state index < -0.39 is 60.1 Å². The molecule has 428 valence electrons. The summed E-state index contributed by atoms with van der Waals surface area (Å²) < 4.78 is 41.5. The van der Waals surface area contributed by atoms with E-state index in [4.69, 9.17) is 18.9 Å². The van der Waals surface area contributed by atoms with Gasteiger partial charge < -0.3 is 49.5 Å². The number of halogens is 1. The molecule has 81 heavy (non-hydrogen) atoms. The summed E-state index contributed by atoms with van der Waals surface area (Å²) in [5.41, 5.74) is 5.70.